The van der Waals surface area contributed by atoms with E-state index < -0.39 is 0 Å². The molecule has 1 saturated carbocycles. The Bertz CT molecular complexity index is 578. The van der Waals surface area contributed by atoms with Gasteiger partial charge in [-0.3, -0.25) is 4.79 Å². The molecule has 0 spiro atoms. The fraction of sp³-hybridized carbons (Fsp3) is 0.467. The predicted molar refractivity (Wildman–Crippen MR) is 85.3 cm³/mol. The molecule has 2 atom stereocenters. The minimum absolute atomic E-state index is 0.133. The van der Waals surface area contributed by atoms with Crippen LogP contribution in [0.2, 0.25) is 0 Å². The van der Waals surface area contributed by atoms with Crippen molar-refractivity contribution < 1.29 is 4.79 Å². The molecular weight excluding hydrogens is 288 g/mol. The van der Waals surface area contributed by atoms with E-state index in [1.165, 1.54) is 22.9 Å². The molecule has 1 aromatic heterocycles. The molecule has 1 heterocycles. The van der Waals surface area contributed by atoms with Gasteiger partial charge in [-0.25, -0.2) is 4.98 Å². The van der Waals surface area contributed by atoms with Gasteiger partial charge >= 0.3 is 0 Å². The number of fused-ring (bicyclic) bond motifs is 1. The van der Waals surface area contributed by atoms with Crippen molar-refractivity contribution in [1.29, 1.82) is 0 Å². The van der Waals surface area contributed by atoms with E-state index in [1.807, 2.05) is 18.2 Å². The SMILES string of the molecule is CC1CCC(NC(=O)CSc2nc3ccccc3s2)C1. The van der Waals surface area contributed by atoms with Crippen LogP contribution in [0, 0.1) is 5.92 Å². The molecule has 1 N–H and O–H groups in total. The van der Waals surface area contributed by atoms with E-state index in [0.29, 0.717) is 11.8 Å². The highest BCUT2D eigenvalue weighted by molar-refractivity contribution is 8.01. The van der Waals surface area contributed by atoms with Crippen LogP contribution in [0.3, 0.4) is 0 Å². The van der Waals surface area contributed by atoms with Crippen LogP contribution < -0.4 is 5.32 Å². The van der Waals surface area contributed by atoms with E-state index >= 15 is 0 Å². The molecule has 0 radical (unpaired) electrons. The minimum Gasteiger partial charge on any atom is -0.353 e. The number of nitrogens with one attached hydrogen (secondary N) is 1. The van der Waals surface area contributed by atoms with Crippen LogP contribution in [0.1, 0.15) is 26.2 Å². The molecule has 0 bridgehead atoms. The fourth-order valence-corrected chi connectivity index (χ4v) is 4.53. The molecule has 20 heavy (non-hydrogen) atoms. The van der Waals surface area contributed by atoms with Crippen LogP contribution in [0.15, 0.2) is 28.6 Å². The van der Waals surface area contributed by atoms with Gasteiger partial charge in [-0.2, -0.15) is 0 Å². The normalized spacial score (nSPS) is 22.2. The van der Waals surface area contributed by atoms with Gasteiger partial charge in [0.15, 0.2) is 4.34 Å². The molecule has 0 saturated heterocycles. The average molecular weight is 306 g/mol. The lowest BCUT2D eigenvalue weighted by Gasteiger charge is -2.11. The fourth-order valence-electron chi connectivity index (χ4n) is 2.65. The van der Waals surface area contributed by atoms with Gasteiger partial charge in [0.2, 0.25) is 5.91 Å². The van der Waals surface area contributed by atoms with Gasteiger partial charge in [0, 0.05) is 6.04 Å². The number of rotatable bonds is 4. The molecule has 0 aliphatic heterocycles. The van der Waals surface area contributed by atoms with E-state index in [9.17, 15) is 4.79 Å². The summed E-state index contributed by atoms with van der Waals surface area (Å²) in [4.78, 5) is 16.5. The van der Waals surface area contributed by atoms with Crippen LogP contribution in [0.4, 0.5) is 0 Å². The van der Waals surface area contributed by atoms with Crippen molar-refractivity contribution in [3.05, 3.63) is 24.3 Å². The Morgan fingerprint density at radius 3 is 3.05 bits per heavy atom. The second kappa shape index (κ2) is 6.14. The quantitative estimate of drug-likeness (QED) is 0.876. The van der Waals surface area contributed by atoms with E-state index in [4.69, 9.17) is 0 Å². The van der Waals surface area contributed by atoms with E-state index in [0.717, 1.165) is 28.6 Å². The lowest BCUT2D eigenvalue weighted by Crippen LogP contribution is -2.34. The first kappa shape index (κ1) is 13.9. The Hall–Kier alpha value is -1.07. The van der Waals surface area contributed by atoms with Gasteiger partial charge in [0.1, 0.15) is 0 Å². The first-order valence-corrected chi connectivity index (χ1v) is 8.78. The molecule has 2 unspecified atom stereocenters. The Morgan fingerprint density at radius 2 is 2.30 bits per heavy atom. The molecule has 2 aromatic rings. The first-order chi connectivity index (χ1) is 9.70. The highest BCUT2D eigenvalue weighted by atomic mass is 32.2. The van der Waals surface area contributed by atoms with Crippen molar-refractivity contribution in [3.8, 4) is 0 Å². The number of hydrogen-bond acceptors (Lipinski definition) is 4. The van der Waals surface area contributed by atoms with E-state index in [2.05, 4.69) is 23.3 Å². The summed E-state index contributed by atoms with van der Waals surface area (Å²) in [6.07, 6.45) is 3.48. The Kier molecular flexibility index (Phi) is 4.27. The van der Waals surface area contributed by atoms with Crippen molar-refractivity contribution in [2.45, 2.75) is 36.6 Å². The van der Waals surface area contributed by atoms with Crippen LogP contribution in [-0.4, -0.2) is 22.7 Å². The molecule has 1 fully saturated rings. The van der Waals surface area contributed by atoms with Crippen LogP contribution in [-0.2, 0) is 4.79 Å². The van der Waals surface area contributed by atoms with E-state index in [-0.39, 0.29) is 5.91 Å². The Balaban J connectivity index is 1.52. The van der Waals surface area contributed by atoms with Crippen molar-refractivity contribution in [1.82, 2.24) is 10.3 Å². The molecule has 3 rings (SSSR count). The number of thiazole rings is 1. The van der Waals surface area contributed by atoms with Crippen LogP contribution >= 0.6 is 23.1 Å². The standard InChI is InChI=1S/C15H18N2OS2/c1-10-6-7-11(8-10)16-14(18)9-19-15-17-12-4-2-3-5-13(12)20-15/h2-5,10-11H,6-9H2,1H3,(H,16,18). The maximum Gasteiger partial charge on any atom is 0.230 e. The third-order valence-electron chi connectivity index (χ3n) is 3.66. The number of nitrogens with zero attached hydrogens (tertiary/aromatic N) is 1. The number of benzene rings is 1. The molecule has 5 heteroatoms. The monoisotopic (exact) mass is 306 g/mol. The maximum absolute atomic E-state index is 11.9. The Labute approximate surface area is 127 Å². The number of carbonyl (C=O) groups is 1. The van der Waals surface area contributed by atoms with Gasteiger partial charge in [-0.15, -0.1) is 11.3 Å². The summed E-state index contributed by atoms with van der Waals surface area (Å²) in [5.41, 5.74) is 1.02. The third-order valence-corrected chi connectivity index (χ3v) is 5.84. The van der Waals surface area contributed by atoms with Gasteiger partial charge in [-0.05, 0) is 37.3 Å². The second-order valence-electron chi connectivity index (χ2n) is 5.42. The molecule has 1 aliphatic rings. The van der Waals surface area contributed by atoms with Crippen LogP contribution in [0.5, 0.6) is 0 Å². The number of amides is 1. The van der Waals surface area contributed by atoms with Gasteiger partial charge < -0.3 is 5.32 Å². The van der Waals surface area contributed by atoms with Crippen molar-refractivity contribution in [2.24, 2.45) is 5.92 Å². The highest BCUT2D eigenvalue weighted by Gasteiger charge is 2.22. The maximum atomic E-state index is 11.9. The van der Waals surface area contributed by atoms with Gasteiger partial charge in [-0.1, -0.05) is 30.8 Å². The zero-order valence-electron chi connectivity index (χ0n) is 11.5. The highest BCUT2D eigenvalue weighted by Crippen LogP contribution is 2.29. The minimum atomic E-state index is 0.133. The molecule has 1 aromatic carbocycles. The van der Waals surface area contributed by atoms with Crippen LogP contribution in [0.25, 0.3) is 10.2 Å². The summed E-state index contributed by atoms with van der Waals surface area (Å²) in [6, 6.07) is 8.47. The lowest BCUT2D eigenvalue weighted by molar-refractivity contribution is -0.119. The second-order valence-corrected chi connectivity index (χ2v) is 7.67. The first-order valence-electron chi connectivity index (χ1n) is 6.98. The summed E-state index contributed by atoms with van der Waals surface area (Å²) >= 11 is 3.19. The smallest absolute Gasteiger partial charge is 0.230 e. The number of carbonyl (C=O) groups excluding carboxylic acids is 1. The topological polar surface area (TPSA) is 42.0 Å². The van der Waals surface area contributed by atoms with Gasteiger partial charge in [0.25, 0.3) is 0 Å². The summed E-state index contributed by atoms with van der Waals surface area (Å²) in [5, 5.41) is 3.13. The van der Waals surface area contributed by atoms with Crippen molar-refractivity contribution >= 4 is 39.2 Å². The summed E-state index contributed by atoms with van der Waals surface area (Å²) in [6.45, 7) is 2.25. The summed E-state index contributed by atoms with van der Waals surface area (Å²) in [7, 11) is 0. The lowest BCUT2D eigenvalue weighted by atomic mass is 10.1. The third kappa shape index (κ3) is 3.33. The molecule has 106 valence electrons. The largest absolute Gasteiger partial charge is 0.353 e. The van der Waals surface area contributed by atoms with Crippen molar-refractivity contribution in [2.75, 3.05) is 5.75 Å². The number of hydrogen-bond donors (Lipinski definition) is 1. The average Bonchev–Trinajstić information content (AvgIpc) is 3.02. The van der Waals surface area contributed by atoms with Gasteiger partial charge in [0.05, 0.1) is 16.0 Å². The molecule has 1 amide bonds. The molecule has 1 aliphatic carbocycles. The summed E-state index contributed by atoms with van der Waals surface area (Å²) in [5.74, 6) is 1.34. The number of thioether (sulfide) groups is 1. The summed E-state index contributed by atoms with van der Waals surface area (Å²) < 4.78 is 2.15. The molecular formula is C15H18N2OS2. The molecule has 3 nitrogen and oxygen atoms in total. The van der Waals surface area contributed by atoms with E-state index in [1.54, 1.807) is 11.3 Å². The Morgan fingerprint density at radius 1 is 1.45 bits per heavy atom. The zero-order valence-corrected chi connectivity index (χ0v) is 13.1. The number of aromatic nitrogens is 1. The zero-order chi connectivity index (χ0) is 13.9. The number of para-hydroxylation sites is 1. The van der Waals surface area contributed by atoms with Crippen molar-refractivity contribution in [3.63, 3.8) is 0 Å². The predicted octanol–water partition coefficient (Wildman–Crippen LogP) is 3.69.